The van der Waals surface area contributed by atoms with Gasteiger partial charge in [-0.15, -0.1) is 0 Å². The molecular formula is C2Cl3NO. The number of alkyl halides is 3. The second-order valence-electron chi connectivity index (χ2n) is 0.701. The summed E-state index contributed by atoms with van der Waals surface area (Å²) in [5, 5.41) is 11.3. The Bertz CT molecular complexity index is 106. The van der Waals surface area contributed by atoms with Crippen LogP contribution in [0, 0.1) is 11.3 Å². The molecule has 0 heterocycles. The molecule has 0 fully saturated rings. The molecule has 0 aromatic heterocycles. The van der Waals surface area contributed by atoms with Crippen LogP contribution in [0.1, 0.15) is 0 Å². The summed E-state index contributed by atoms with van der Waals surface area (Å²) in [7, 11) is 0. The van der Waals surface area contributed by atoms with Crippen molar-refractivity contribution in [2.24, 2.45) is 0 Å². The van der Waals surface area contributed by atoms with Gasteiger partial charge in [-0.3, -0.25) is 0 Å². The summed E-state index contributed by atoms with van der Waals surface area (Å²) < 4.78 is -1.76. The molecule has 0 atom stereocenters. The molecule has 0 aliphatic heterocycles. The third kappa shape index (κ3) is 6.16. The van der Waals surface area contributed by atoms with E-state index in [0.29, 0.717) is 0 Å². The van der Waals surface area contributed by atoms with Gasteiger partial charge in [0.2, 0.25) is 0 Å². The molecule has 0 saturated carbocycles. The predicted molar refractivity (Wildman–Crippen MR) is 30.9 cm³/mol. The minimum atomic E-state index is -1.76. The molecule has 0 N–H and O–H groups in total. The van der Waals surface area contributed by atoms with Gasteiger partial charge < -0.3 is 5.21 Å². The van der Waals surface area contributed by atoms with Gasteiger partial charge in [-0.1, -0.05) is 34.8 Å². The zero-order valence-corrected chi connectivity index (χ0v) is 5.26. The molecule has 0 aromatic carbocycles. The zero-order chi connectivity index (χ0) is 5.91. The van der Waals surface area contributed by atoms with E-state index in [2.05, 4.69) is 5.01 Å². The zero-order valence-electron chi connectivity index (χ0n) is 2.99. The van der Waals surface area contributed by atoms with Crippen LogP contribution < -0.4 is 0 Å². The lowest BCUT2D eigenvalue weighted by molar-refractivity contribution is 1.55. The quantitative estimate of drug-likeness (QED) is 0.394. The van der Waals surface area contributed by atoms with Crippen molar-refractivity contribution in [3.8, 4) is 6.07 Å². The fourth-order valence-electron chi connectivity index (χ4n) is 0.0518. The van der Waals surface area contributed by atoms with Gasteiger partial charge in [0.15, 0.2) is 0 Å². The minimum Gasteiger partial charge on any atom is -0.498 e. The molecule has 0 aliphatic carbocycles. The normalized spacial score (nSPS) is 9.57. The van der Waals surface area contributed by atoms with Crippen LogP contribution in [0.4, 0.5) is 0 Å². The predicted octanol–water partition coefficient (Wildman–Crippen LogP) is 2.19. The number of hydrogen-bond donors (Lipinski definition) is 0. The van der Waals surface area contributed by atoms with Gasteiger partial charge in [0.25, 0.3) is 0 Å². The van der Waals surface area contributed by atoms with Crippen molar-refractivity contribution >= 4 is 34.8 Å². The van der Waals surface area contributed by atoms with Crippen LogP contribution in [0.2, 0.25) is 0 Å². The molecule has 2 nitrogen and oxygen atoms in total. The van der Waals surface area contributed by atoms with E-state index in [4.69, 9.17) is 34.8 Å². The Labute approximate surface area is 55.4 Å². The van der Waals surface area contributed by atoms with Gasteiger partial charge in [-0.25, -0.2) is 0 Å². The van der Waals surface area contributed by atoms with E-state index in [1.54, 1.807) is 6.07 Å². The van der Waals surface area contributed by atoms with E-state index in [9.17, 15) is 5.21 Å². The SMILES string of the molecule is [O-][N+]#CC(Cl)(Cl)Cl. The summed E-state index contributed by atoms with van der Waals surface area (Å²) >= 11 is 14.9. The Morgan fingerprint density at radius 1 is 1.43 bits per heavy atom. The molecule has 0 unspecified atom stereocenters. The standard InChI is InChI=1S/C2Cl3NO/c3-2(4,5)1-6-7. The Morgan fingerprint density at radius 2 is 1.86 bits per heavy atom. The fraction of sp³-hybridized carbons (Fsp3) is 0.500. The molecule has 0 spiro atoms. The Hall–Kier alpha value is 0.160. The monoisotopic (exact) mass is 159 g/mol. The summed E-state index contributed by atoms with van der Waals surface area (Å²) in [4.78, 5) is 0. The first-order valence-corrected chi connectivity index (χ1v) is 2.36. The Morgan fingerprint density at radius 3 is 1.86 bits per heavy atom. The molecule has 0 rings (SSSR count). The van der Waals surface area contributed by atoms with E-state index in [-0.39, 0.29) is 0 Å². The molecule has 0 aromatic rings. The van der Waals surface area contributed by atoms with Crippen LogP contribution >= 0.6 is 34.8 Å². The lowest BCUT2D eigenvalue weighted by atomic mass is 10.9. The topological polar surface area (TPSA) is 27.4 Å². The van der Waals surface area contributed by atoms with Gasteiger partial charge in [0.05, 0.1) is 0 Å². The van der Waals surface area contributed by atoms with Crippen molar-refractivity contribution < 1.29 is 0 Å². The van der Waals surface area contributed by atoms with Crippen LogP contribution in [0.15, 0.2) is 0 Å². The van der Waals surface area contributed by atoms with Gasteiger partial charge >= 0.3 is 9.86 Å². The molecule has 0 bridgehead atoms. The molecule has 0 aliphatic rings. The number of nitrogens with zero attached hydrogens (tertiary/aromatic N) is 1. The summed E-state index contributed by atoms with van der Waals surface area (Å²) in [5.41, 5.74) is 0. The molecule has 40 valence electrons. The van der Waals surface area contributed by atoms with Crippen LogP contribution in [0.25, 0.3) is 5.01 Å². The highest BCUT2D eigenvalue weighted by atomic mass is 35.6. The van der Waals surface area contributed by atoms with Crippen LogP contribution in [-0.2, 0) is 0 Å². The summed E-state index contributed by atoms with van der Waals surface area (Å²) in [6.07, 6.45) is 0. The van der Waals surface area contributed by atoms with Crippen molar-refractivity contribution in [1.82, 2.24) is 0 Å². The van der Waals surface area contributed by atoms with Crippen LogP contribution in [0.5, 0.6) is 0 Å². The van der Waals surface area contributed by atoms with Gasteiger partial charge in [0, 0.05) is 5.01 Å². The first-order chi connectivity index (χ1) is 3.06. The van der Waals surface area contributed by atoms with Crippen LogP contribution in [-0.4, -0.2) is 3.79 Å². The lowest BCUT2D eigenvalue weighted by Gasteiger charge is -1.86. The minimum absolute atomic E-state index is 1.65. The van der Waals surface area contributed by atoms with Crippen molar-refractivity contribution in [3.05, 3.63) is 10.2 Å². The van der Waals surface area contributed by atoms with Gasteiger partial charge in [-0.05, 0) is 0 Å². The van der Waals surface area contributed by atoms with E-state index in [0.717, 1.165) is 0 Å². The maximum absolute atomic E-state index is 9.21. The van der Waals surface area contributed by atoms with Crippen LogP contribution in [0.3, 0.4) is 0 Å². The molecule has 0 amide bonds. The number of rotatable bonds is 0. The number of halogens is 3. The van der Waals surface area contributed by atoms with Crippen molar-refractivity contribution in [1.29, 1.82) is 0 Å². The molecule has 0 saturated heterocycles. The molecule has 7 heavy (non-hydrogen) atoms. The van der Waals surface area contributed by atoms with Crippen molar-refractivity contribution in [2.75, 3.05) is 0 Å². The average molecular weight is 160 g/mol. The highest BCUT2D eigenvalue weighted by Crippen LogP contribution is 2.24. The van der Waals surface area contributed by atoms with E-state index in [1.165, 1.54) is 0 Å². The summed E-state index contributed by atoms with van der Waals surface area (Å²) in [5.74, 6) is 0. The second kappa shape index (κ2) is 2.46. The fourth-order valence-corrected chi connectivity index (χ4v) is 0.155. The van der Waals surface area contributed by atoms with Gasteiger partial charge in [0.1, 0.15) is 0 Å². The highest BCUT2D eigenvalue weighted by Gasteiger charge is 2.23. The number of hydrogen-bond acceptors (Lipinski definition) is 1. The average Bonchev–Trinajstić information content (AvgIpc) is 1.30. The molecule has 5 heteroatoms. The lowest BCUT2D eigenvalue weighted by Crippen LogP contribution is -1.93. The summed E-state index contributed by atoms with van der Waals surface area (Å²) in [6, 6.07) is 1.65. The highest BCUT2D eigenvalue weighted by molar-refractivity contribution is 6.69. The molecule has 0 radical (unpaired) electrons. The molecular weight excluding hydrogens is 160 g/mol. The Kier molecular flexibility index (Phi) is 2.52. The van der Waals surface area contributed by atoms with E-state index >= 15 is 0 Å². The maximum atomic E-state index is 9.21. The van der Waals surface area contributed by atoms with E-state index in [1.807, 2.05) is 0 Å². The third-order valence-electron chi connectivity index (χ3n) is 0.172. The summed E-state index contributed by atoms with van der Waals surface area (Å²) in [6.45, 7) is 0. The third-order valence-corrected chi connectivity index (χ3v) is 0.426. The Balaban J connectivity index is 3.72. The van der Waals surface area contributed by atoms with E-state index < -0.39 is 3.79 Å². The first-order valence-electron chi connectivity index (χ1n) is 1.22. The first kappa shape index (κ1) is 7.16. The van der Waals surface area contributed by atoms with Crippen molar-refractivity contribution in [3.63, 3.8) is 0 Å². The largest absolute Gasteiger partial charge is 0.498 e. The smallest absolute Gasteiger partial charge is 0.355 e. The van der Waals surface area contributed by atoms with Gasteiger partial charge in [-0.2, -0.15) is 0 Å². The maximum Gasteiger partial charge on any atom is 0.355 e. The van der Waals surface area contributed by atoms with Crippen molar-refractivity contribution in [2.45, 2.75) is 3.79 Å². The second-order valence-corrected chi connectivity index (χ2v) is 2.98.